The molecule has 0 saturated carbocycles. The lowest BCUT2D eigenvalue weighted by atomic mass is 10.1. The Balaban J connectivity index is 1.98. The third-order valence-electron chi connectivity index (χ3n) is 3.78. The Kier molecular flexibility index (Phi) is 4.85. The number of aryl methyl sites for hydroxylation is 1. The molecule has 9 heteroatoms. The maximum atomic E-state index is 12.7. The van der Waals surface area contributed by atoms with Gasteiger partial charge in [0.15, 0.2) is 0 Å². The van der Waals surface area contributed by atoms with Crippen LogP contribution in [0.15, 0.2) is 49.1 Å². The number of hydrogen-bond acceptors (Lipinski definition) is 5. The molecule has 0 unspecified atom stereocenters. The molecule has 0 aliphatic rings. The van der Waals surface area contributed by atoms with Crippen LogP contribution in [-0.2, 0) is 18.0 Å². The van der Waals surface area contributed by atoms with E-state index in [1.807, 2.05) is 0 Å². The van der Waals surface area contributed by atoms with Crippen LogP contribution in [-0.4, -0.2) is 27.6 Å². The number of nitrogens with one attached hydrogen (secondary N) is 1. The van der Waals surface area contributed by atoms with Crippen LogP contribution in [0.1, 0.15) is 15.9 Å². The van der Waals surface area contributed by atoms with Crippen molar-refractivity contribution in [2.45, 2.75) is 6.18 Å². The van der Waals surface area contributed by atoms with Crippen LogP contribution < -0.4 is 5.32 Å². The van der Waals surface area contributed by atoms with Gasteiger partial charge in [-0.15, -0.1) is 0 Å². The minimum Gasteiger partial charge on any atom is -0.465 e. The highest BCUT2D eigenvalue weighted by Gasteiger charge is 2.30. The molecule has 1 aromatic carbocycles. The molecular formula is C18H15F3N4O2. The fourth-order valence-electron chi connectivity index (χ4n) is 2.44. The van der Waals surface area contributed by atoms with Crippen LogP contribution in [0.2, 0.25) is 0 Å². The maximum absolute atomic E-state index is 12.7. The molecule has 0 aliphatic heterocycles. The summed E-state index contributed by atoms with van der Waals surface area (Å²) in [5.41, 5.74) is 1.19. The second kappa shape index (κ2) is 7.10. The predicted octanol–water partition coefficient (Wildman–Crippen LogP) is 4.03. The summed E-state index contributed by atoms with van der Waals surface area (Å²) in [6.07, 6.45) is -0.347. The highest BCUT2D eigenvalue weighted by Crippen LogP contribution is 2.32. The number of imidazole rings is 1. The fourth-order valence-corrected chi connectivity index (χ4v) is 2.44. The molecule has 0 aliphatic carbocycles. The summed E-state index contributed by atoms with van der Waals surface area (Å²) < 4.78 is 44.5. The number of pyridine rings is 1. The van der Waals surface area contributed by atoms with Gasteiger partial charge in [0.05, 0.1) is 30.3 Å². The van der Waals surface area contributed by atoms with E-state index in [4.69, 9.17) is 4.74 Å². The lowest BCUT2D eigenvalue weighted by molar-refractivity contribution is -0.137. The molecule has 0 spiro atoms. The number of aromatic nitrogens is 3. The zero-order valence-electron chi connectivity index (χ0n) is 14.4. The third-order valence-corrected chi connectivity index (χ3v) is 3.78. The molecule has 0 saturated heterocycles. The Labute approximate surface area is 152 Å². The topological polar surface area (TPSA) is 69.0 Å². The van der Waals surface area contributed by atoms with Crippen LogP contribution in [0, 0.1) is 0 Å². The summed E-state index contributed by atoms with van der Waals surface area (Å²) in [4.78, 5) is 19.9. The molecule has 2 heterocycles. The number of carbonyl (C=O) groups is 1. The van der Waals surface area contributed by atoms with E-state index in [-0.39, 0.29) is 5.82 Å². The first-order chi connectivity index (χ1) is 12.8. The molecular weight excluding hydrogens is 361 g/mol. The lowest BCUT2D eigenvalue weighted by Crippen LogP contribution is -2.06. The molecule has 0 bridgehead atoms. The van der Waals surface area contributed by atoms with Crippen molar-refractivity contribution in [1.82, 2.24) is 14.5 Å². The van der Waals surface area contributed by atoms with E-state index >= 15 is 0 Å². The average Bonchev–Trinajstić information content (AvgIpc) is 3.07. The van der Waals surface area contributed by atoms with Crippen LogP contribution in [0.5, 0.6) is 0 Å². The van der Waals surface area contributed by atoms with Crippen molar-refractivity contribution in [3.05, 3.63) is 60.2 Å². The first-order valence-electron chi connectivity index (χ1n) is 7.79. The van der Waals surface area contributed by atoms with Gasteiger partial charge in [0.1, 0.15) is 5.82 Å². The Morgan fingerprint density at radius 1 is 1.19 bits per heavy atom. The van der Waals surface area contributed by atoms with Crippen molar-refractivity contribution in [3.8, 4) is 11.3 Å². The van der Waals surface area contributed by atoms with Gasteiger partial charge in [0.2, 0.25) is 0 Å². The number of alkyl halides is 3. The zero-order valence-corrected chi connectivity index (χ0v) is 14.4. The summed E-state index contributed by atoms with van der Waals surface area (Å²) in [5.74, 6) is -0.280. The summed E-state index contributed by atoms with van der Waals surface area (Å²) in [5, 5.41) is 2.96. The van der Waals surface area contributed by atoms with Crippen LogP contribution in [0.25, 0.3) is 11.3 Å². The van der Waals surface area contributed by atoms with Crippen molar-refractivity contribution >= 4 is 17.5 Å². The molecule has 2 aromatic heterocycles. The second-order valence-electron chi connectivity index (χ2n) is 5.73. The summed E-state index contributed by atoms with van der Waals surface area (Å²) in [6.45, 7) is 0. The highest BCUT2D eigenvalue weighted by atomic mass is 19.4. The monoisotopic (exact) mass is 376 g/mol. The number of ether oxygens (including phenoxy) is 1. The maximum Gasteiger partial charge on any atom is 0.417 e. The van der Waals surface area contributed by atoms with E-state index in [9.17, 15) is 18.0 Å². The molecule has 0 amide bonds. The van der Waals surface area contributed by atoms with E-state index in [1.165, 1.54) is 13.2 Å². The van der Waals surface area contributed by atoms with Crippen molar-refractivity contribution in [2.24, 2.45) is 7.05 Å². The molecule has 6 nitrogen and oxygen atoms in total. The van der Waals surface area contributed by atoms with Gasteiger partial charge < -0.3 is 14.6 Å². The van der Waals surface area contributed by atoms with Crippen molar-refractivity contribution in [3.63, 3.8) is 0 Å². The number of halogens is 3. The number of esters is 1. The third kappa shape index (κ3) is 4.08. The van der Waals surface area contributed by atoms with E-state index < -0.39 is 17.7 Å². The molecule has 3 rings (SSSR count). The summed E-state index contributed by atoms with van der Waals surface area (Å²) >= 11 is 0. The molecule has 0 radical (unpaired) electrons. The summed E-state index contributed by atoms with van der Waals surface area (Å²) in [7, 11) is 3.08. The zero-order chi connectivity index (χ0) is 19.6. The van der Waals surface area contributed by atoms with E-state index in [0.717, 1.165) is 12.3 Å². The molecule has 27 heavy (non-hydrogen) atoms. The quantitative estimate of drug-likeness (QED) is 0.697. The fraction of sp³-hybridized carbons (Fsp3) is 0.167. The molecule has 1 N–H and O–H groups in total. The first-order valence-corrected chi connectivity index (χ1v) is 7.79. The highest BCUT2D eigenvalue weighted by molar-refractivity contribution is 5.93. The Morgan fingerprint density at radius 2 is 1.96 bits per heavy atom. The van der Waals surface area contributed by atoms with Crippen molar-refractivity contribution < 1.29 is 22.7 Å². The first kappa shape index (κ1) is 18.4. The molecule has 0 fully saturated rings. The van der Waals surface area contributed by atoms with Crippen LogP contribution >= 0.6 is 0 Å². The number of hydrogen-bond donors (Lipinski definition) is 1. The van der Waals surface area contributed by atoms with Gasteiger partial charge in [-0.25, -0.2) is 14.8 Å². The summed E-state index contributed by atoms with van der Waals surface area (Å²) in [6, 6.07) is 6.94. The van der Waals surface area contributed by atoms with E-state index in [0.29, 0.717) is 22.5 Å². The lowest BCUT2D eigenvalue weighted by Gasteiger charge is -2.12. The standard InChI is InChI=1S/C18H15F3N4O2/c1-25-9-15(23-10-25)13-7-11(17(26)27-2)3-5-14(13)24-16-6-4-12(8-22-16)18(19,20)21/h3-10H,1-2H3,(H,22,24). The van der Waals surface area contributed by atoms with Crippen molar-refractivity contribution in [1.29, 1.82) is 0 Å². The van der Waals surface area contributed by atoms with Gasteiger partial charge >= 0.3 is 12.1 Å². The smallest absolute Gasteiger partial charge is 0.417 e. The molecule has 140 valence electrons. The van der Waals surface area contributed by atoms with Crippen molar-refractivity contribution in [2.75, 3.05) is 12.4 Å². The van der Waals surface area contributed by atoms with Crippen LogP contribution in [0.3, 0.4) is 0 Å². The number of methoxy groups -OCH3 is 1. The predicted molar refractivity (Wildman–Crippen MR) is 92.5 cm³/mol. The minimum atomic E-state index is -4.45. The van der Waals surface area contributed by atoms with Gasteiger partial charge in [-0.3, -0.25) is 0 Å². The van der Waals surface area contributed by atoms with Gasteiger partial charge in [-0.2, -0.15) is 13.2 Å². The number of carbonyl (C=O) groups excluding carboxylic acids is 1. The number of rotatable bonds is 4. The normalized spacial score (nSPS) is 11.3. The molecule has 3 aromatic rings. The van der Waals surface area contributed by atoms with Crippen LogP contribution in [0.4, 0.5) is 24.7 Å². The Hall–Kier alpha value is -3.36. The average molecular weight is 376 g/mol. The Morgan fingerprint density at radius 3 is 2.52 bits per heavy atom. The van der Waals surface area contributed by atoms with Gasteiger partial charge in [-0.1, -0.05) is 0 Å². The van der Waals surface area contributed by atoms with Gasteiger partial charge in [0, 0.05) is 30.7 Å². The van der Waals surface area contributed by atoms with E-state index in [2.05, 4.69) is 15.3 Å². The minimum absolute atomic E-state index is 0.228. The van der Waals surface area contributed by atoms with E-state index in [1.54, 1.807) is 42.3 Å². The second-order valence-corrected chi connectivity index (χ2v) is 5.73. The Bertz CT molecular complexity index is 965. The number of benzene rings is 1. The largest absolute Gasteiger partial charge is 0.465 e. The number of nitrogens with zero attached hydrogens (tertiary/aromatic N) is 3. The van der Waals surface area contributed by atoms with Gasteiger partial charge in [-0.05, 0) is 30.3 Å². The molecule has 0 atom stereocenters. The number of anilines is 2. The SMILES string of the molecule is COC(=O)c1ccc(Nc2ccc(C(F)(F)F)cn2)c(-c2cn(C)cn2)c1. The van der Waals surface area contributed by atoms with Gasteiger partial charge in [0.25, 0.3) is 0 Å².